The molecule has 1 saturated heterocycles. The highest BCUT2D eigenvalue weighted by atomic mass is 35.5. The van der Waals surface area contributed by atoms with Crippen LogP contribution in [0, 0.1) is 17.7 Å². The van der Waals surface area contributed by atoms with Crippen LogP contribution in [0.15, 0.2) is 54.2 Å². The molecule has 10 nitrogen and oxygen atoms in total. The van der Waals surface area contributed by atoms with E-state index in [2.05, 4.69) is 5.32 Å². The van der Waals surface area contributed by atoms with Gasteiger partial charge in [-0.2, -0.15) is 0 Å². The molecule has 0 amide bonds. The summed E-state index contributed by atoms with van der Waals surface area (Å²) in [7, 11) is 1.66. The van der Waals surface area contributed by atoms with Gasteiger partial charge in [0.25, 0.3) is 0 Å². The number of aliphatic hydroxyl groups excluding tert-OH is 1. The summed E-state index contributed by atoms with van der Waals surface area (Å²) in [6.07, 6.45) is 5.56. The van der Waals surface area contributed by atoms with Crippen LogP contribution in [0.4, 0.5) is 4.39 Å². The summed E-state index contributed by atoms with van der Waals surface area (Å²) in [5.41, 5.74) is -1.93. The molecule has 2 heterocycles. The summed E-state index contributed by atoms with van der Waals surface area (Å²) in [6, 6.07) is 3.81. The summed E-state index contributed by atoms with van der Waals surface area (Å²) in [5, 5.41) is 37.0. The molecule has 11 atom stereocenters. The molecule has 2 aliphatic heterocycles. The Morgan fingerprint density at radius 3 is 2.60 bits per heavy atom. The summed E-state index contributed by atoms with van der Waals surface area (Å²) < 4.78 is 37.7. The van der Waals surface area contributed by atoms with Crippen LogP contribution in [0.1, 0.15) is 79.7 Å². The number of carbonyl (C=O) groups is 2. The van der Waals surface area contributed by atoms with E-state index in [9.17, 15) is 29.3 Å². The molecule has 0 saturated carbocycles. The maximum absolute atomic E-state index is 14.7. The van der Waals surface area contributed by atoms with Gasteiger partial charge in [0.2, 0.25) is 0 Å². The van der Waals surface area contributed by atoms with E-state index in [0.29, 0.717) is 11.1 Å². The zero-order valence-electron chi connectivity index (χ0n) is 30.4. The van der Waals surface area contributed by atoms with E-state index >= 15 is 0 Å². The summed E-state index contributed by atoms with van der Waals surface area (Å²) in [5.74, 6) is -2.01. The molecule has 50 heavy (non-hydrogen) atoms. The molecule has 4 N–H and O–H groups in total. The van der Waals surface area contributed by atoms with Gasteiger partial charge in [-0.3, -0.25) is 9.59 Å². The van der Waals surface area contributed by atoms with Crippen molar-refractivity contribution in [3.8, 4) is 0 Å². The fourth-order valence-electron chi connectivity index (χ4n) is 6.56. The Morgan fingerprint density at radius 1 is 1.28 bits per heavy atom. The van der Waals surface area contributed by atoms with E-state index in [4.69, 9.17) is 30.5 Å². The van der Waals surface area contributed by atoms with E-state index in [1.54, 1.807) is 63.5 Å². The highest BCUT2D eigenvalue weighted by molar-refractivity contribution is 6.30. The minimum Gasteiger partial charge on any atom is -0.457 e. The molecule has 2 aliphatic rings. The number of allylic oxidation sites excluding steroid dienone is 2. The minimum atomic E-state index is -1.48. The van der Waals surface area contributed by atoms with Gasteiger partial charge in [0.05, 0.1) is 36.4 Å². The molecule has 0 radical (unpaired) electrons. The molecule has 0 bridgehead atoms. The highest BCUT2D eigenvalue weighted by Gasteiger charge is 2.54. The number of esters is 2. The number of hydrogen-bond acceptors (Lipinski definition) is 10. The average Bonchev–Trinajstić information content (AvgIpc) is 3.82. The van der Waals surface area contributed by atoms with E-state index in [0.717, 1.165) is 6.42 Å². The third kappa shape index (κ3) is 11.7. The Balaban J connectivity index is 1.89. The van der Waals surface area contributed by atoms with Crippen LogP contribution < -0.4 is 5.32 Å². The third-order valence-electron chi connectivity index (χ3n) is 9.72. The Labute approximate surface area is 300 Å². The van der Waals surface area contributed by atoms with Crippen LogP contribution in [-0.2, 0) is 35.1 Å². The normalized spacial score (nSPS) is 31.8. The van der Waals surface area contributed by atoms with E-state index < -0.39 is 59.2 Å². The van der Waals surface area contributed by atoms with Crippen molar-refractivity contribution in [1.29, 1.82) is 0 Å². The summed E-state index contributed by atoms with van der Waals surface area (Å²) in [6.45, 7) is 12.2. The van der Waals surface area contributed by atoms with E-state index in [1.165, 1.54) is 19.9 Å². The lowest BCUT2D eigenvalue weighted by molar-refractivity contribution is -0.157. The molecule has 1 aromatic carbocycles. The molecule has 12 heteroatoms. The molecule has 1 fully saturated rings. The molecular weight excluding hydrogens is 669 g/mol. The van der Waals surface area contributed by atoms with Crippen molar-refractivity contribution < 1.29 is 48.2 Å². The second kappa shape index (κ2) is 18.2. The molecule has 0 aromatic heterocycles. The van der Waals surface area contributed by atoms with Crippen molar-refractivity contribution in [2.45, 2.75) is 135 Å². The van der Waals surface area contributed by atoms with Crippen LogP contribution in [0.2, 0.25) is 5.02 Å². The van der Waals surface area contributed by atoms with Crippen LogP contribution in [-0.4, -0.2) is 88.2 Å². The van der Waals surface area contributed by atoms with Crippen LogP contribution in [0.5, 0.6) is 0 Å². The number of ether oxygens (including phenoxy) is 4. The third-order valence-corrected chi connectivity index (χ3v) is 9.95. The fraction of sp³-hybridized carbons (Fsp3) is 0.632. The first-order valence-corrected chi connectivity index (χ1v) is 17.7. The maximum Gasteiger partial charge on any atom is 0.309 e. The lowest BCUT2D eigenvalue weighted by atomic mass is 9.87. The van der Waals surface area contributed by atoms with Gasteiger partial charge in [-0.1, -0.05) is 62.7 Å². The standard InChI is InChI=1S/C38H55ClFNO9/c1-9-30(47-8)24(4)34-35(50-34)36(41-21-26-13-14-27(39)19-29(26)40)38(7,46)17-10-11-22(2)33-23(3)12-15-31(48-25(5)42)37(6,45)18-16-28(43)20-32(44)49-33/h10-15,17,19,23-24,28,30-31,33-36,41,43,45-46H,9,16,18,20-21H2,1-8H3/b15-12+,17-10+,22-11+/t23?,24-,28?,30+,31+,33-,34?,35?,36?,37?,38?/m1/s1. The van der Waals surface area contributed by atoms with Gasteiger partial charge in [-0.05, 0) is 63.8 Å². The number of epoxide rings is 1. The maximum atomic E-state index is 14.7. The Bertz CT molecular complexity index is 1390. The lowest BCUT2D eigenvalue weighted by Crippen LogP contribution is -2.52. The number of nitrogens with one attached hydrogen (secondary N) is 1. The van der Waals surface area contributed by atoms with Crippen molar-refractivity contribution in [3.05, 3.63) is 70.6 Å². The molecule has 280 valence electrons. The first-order valence-electron chi connectivity index (χ1n) is 17.3. The topological polar surface area (TPSA) is 147 Å². The highest BCUT2D eigenvalue weighted by Crippen LogP contribution is 2.39. The smallest absolute Gasteiger partial charge is 0.309 e. The quantitative estimate of drug-likeness (QED) is 0.0909. The molecule has 3 rings (SSSR count). The van der Waals surface area contributed by atoms with Crippen molar-refractivity contribution in [1.82, 2.24) is 5.32 Å². The molecule has 0 aliphatic carbocycles. The number of methoxy groups -OCH3 is 1. The van der Waals surface area contributed by atoms with Gasteiger partial charge in [-0.25, -0.2) is 4.39 Å². The van der Waals surface area contributed by atoms with Crippen molar-refractivity contribution in [2.24, 2.45) is 11.8 Å². The fourth-order valence-corrected chi connectivity index (χ4v) is 6.71. The Kier molecular flexibility index (Phi) is 15.2. The average molecular weight is 724 g/mol. The SMILES string of the molecule is CC[C@H](OC)[C@@H](C)C1OC1C(NCc1ccc(Cl)cc1F)C(C)(O)/C=C/C=C(\C)[C@H]1OC(=O)CC(O)CCC(C)(O)[C@@H](OC(C)=O)/C=C/C1C. The monoisotopic (exact) mass is 723 g/mol. The zero-order chi connectivity index (χ0) is 37.4. The predicted octanol–water partition coefficient (Wildman–Crippen LogP) is 5.35. The summed E-state index contributed by atoms with van der Waals surface area (Å²) in [4.78, 5) is 24.7. The number of benzene rings is 1. The Hall–Kier alpha value is -2.64. The molecule has 1 aromatic rings. The number of cyclic esters (lactones) is 1. The van der Waals surface area contributed by atoms with Gasteiger partial charge in [0.1, 0.15) is 29.7 Å². The van der Waals surface area contributed by atoms with Crippen molar-refractivity contribution in [3.63, 3.8) is 0 Å². The van der Waals surface area contributed by atoms with E-state index in [-0.39, 0.29) is 55.1 Å². The number of hydrogen-bond donors (Lipinski definition) is 4. The van der Waals surface area contributed by atoms with Gasteiger partial charge in [0.15, 0.2) is 0 Å². The minimum absolute atomic E-state index is 0.0355. The van der Waals surface area contributed by atoms with Gasteiger partial charge < -0.3 is 39.6 Å². The van der Waals surface area contributed by atoms with Crippen LogP contribution in [0.25, 0.3) is 0 Å². The largest absolute Gasteiger partial charge is 0.457 e. The summed E-state index contributed by atoms with van der Waals surface area (Å²) >= 11 is 5.95. The van der Waals surface area contributed by atoms with Gasteiger partial charge >= 0.3 is 11.9 Å². The molecular formula is C38H55ClFNO9. The second-order valence-corrected chi connectivity index (χ2v) is 14.6. The van der Waals surface area contributed by atoms with Crippen LogP contribution >= 0.6 is 11.6 Å². The number of halogens is 2. The number of aliphatic hydroxyl groups is 3. The number of carbonyl (C=O) groups excluding carboxylic acids is 2. The van der Waals surface area contributed by atoms with E-state index in [1.807, 2.05) is 20.8 Å². The van der Waals surface area contributed by atoms with Crippen molar-refractivity contribution in [2.75, 3.05) is 7.11 Å². The van der Waals surface area contributed by atoms with Crippen molar-refractivity contribution >= 4 is 23.5 Å². The van der Waals surface area contributed by atoms with Crippen LogP contribution in [0.3, 0.4) is 0 Å². The number of rotatable bonds is 13. The molecule has 7 unspecified atom stereocenters. The Morgan fingerprint density at radius 2 is 1.98 bits per heavy atom. The zero-order valence-corrected chi connectivity index (χ0v) is 31.2. The first-order chi connectivity index (χ1) is 23.4. The predicted molar refractivity (Wildman–Crippen MR) is 189 cm³/mol. The van der Waals surface area contributed by atoms with Gasteiger partial charge in [0, 0.05) is 43.0 Å². The second-order valence-electron chi connectivity index (χ2n) is 14.1. The lowest BCUT2D eigenvalue weighted by Gasteiger charge is -2.32. The first kappa shape index (κ1) is 41.8. The van der Waals surface area contributed by atoms with Gasteiger partial charge in [-0.15, -0.1) is 0 Å². The molecule has 0 spiro atoms.